The Hall–Kier alpha value is -0.370. The number of hydrogen-bond donors (Lipinski definition) is 2. The predicted molar refractivity (Wildman–Crippen MR) is 34.2 cm³/mol. The van der Waals surface area contributed by atoms with Gasteiger partial charge in [0.15, 0.2) is 0 Å². The quantitative estimate of drug-likeness (QED) is 0.445. The van der Waals surface area contributed by atoms with Gasteiger partial charge in [0.05, 0.1) is 0 Å². The van der Waals surface area contributed by atoms with E-state index >= 15 is 0 Å². The summed E-state index contributed by atoms with van der Waals surface area (Å²) in [5.41, 5.74) is 0. The van der Waals surface area contributed by atoms with E-state index in [2.05, 4.69) is 17.9 Å². The molecule has 1 aliphatic rings. The first-order chi connectivity index (χ1) is 3.39. The van der Waals surface area contributed by atoms with Crippen LogP contribution in [0.1, 0.15) is 0 Å². The van der Waals surface area contributed by atoms with Crippen molar-refractivity contribution < 1.29 is 0 Å². The van der Waals surface area contributed by atoms with Crippen molar-refractivity contribution in [2.75, 3.05) is 6.54 Å². The fourth-order valence-electron chi connectivity index (χ4n) is 0.459. The number of thiol groups is 1. The lowest BCUT2D eigenvalue weighted by Crippen LogP contribution is -2.06. The van der Waals surface area contributed by atoms with Crippen LogP contribution in [-0.4, -0.2) is 6.54 Å². The van der Waals surface area contributed by atoms with Gasteiger partial charge in [-0.15, -0.1) is 12.6 Å². The fourth-order valence-corrected chi connectivity index (χ4v) is 0.656. The predicted octanol–water partition coefficient (Wildman–Crippen LogP) is 0.917. The summed E-state index contributed by atoms with van der Waals surface area (Å²) < 4.78 is 0. The molecule has 0 aromatic carbocycles. The van der Waals surface area contributed by atoms with Gasteiger partial charge in [0, 0.05) is 17.6 Å². The molecule has 0 saturated heterocycles. The number of rotatable bonds is 0. The molecule has 1 rings (SSSR count). The minimum atomic E-state index is 0.935. The summed E-state index contributed by atoms with van der Waals surface area (Å²) in [6.07, 6.45) is 5.88. The highest BCUT2D eigenvalue weighted by Gasteiger charge is 1.85. The van der Waals surface area contributed by atoms with Crippen LogP contribution in [0.2, 0.25) is 0 Å². The topological polar surface area (TPSA) is 12.0 Å². The number of dihydropyridines is 1. The van der Waals surface area contributed by atoms with Gasteiger partial charge in [-0.3, -0.25) is 0 Å². The van der Waals surface area contributed by atoms with Crippen molar-refractivity contribution in [1.29, 1.82) is 0 Å². The van der Waals surface area contributed by atoms with E-state index in [1.54, 1.807) is 0 Å². The molecule has 0 unspecified atom stereocenters. The second-order valence-corrected chi connectivity index (χ2v) is 1.90. The summed E-state index contributed by atoms with van der Waals surface area (Å²) in [5, 5.41) is 3.01. The Morgan fingerprint density at radius 1 is 1.71 bits per heavy atom. The Kier molecular flexibility index (Phi) is 1.42. The van der Waals surface area contributed by atoms with E-state index in [1.807, 2.05) is 18.4 Å². The van der Waals surface area contributed by atoms with Crippen molar-refractivity contribution in [1.82, 2.24) is 5.32 Å². The van der Waals surface area contributed by atoms with Gasteiger partial charge >= 0.3 is 0 Å². The SMILES string of the molecule is SC1=CNCC=C1. The zero-order chi connectivity index (χ0) is 5.11. The third-order valence-corrected chi connectivity index (χ3v) is 1.05. The van der Waals surface area contributed by atoms with Crippen LogP contribution in [0.15, 0.2) is 23.3 Å². The molecule has 1 heterocycles. The van der Waals surface area contributed by atoms with Gasteiger partial charge in [-0.1, -0.05) is 6.08 Å². The Morgan fingerprint density at radius 2 is 2.57 bits per heavy atom. The fraction of sp³-hybridized carbons (Fsp3) is 0.200. The average molecular weight is 113 g/mol. The molecule has 0 amide bonds. The average Bonchev–Trinajstić information content (AvgIpc) is 1.69. The monoisotopic (exact) mass is 113 g/mol. The van der Waals surface area contributed by atoms with E-state index < -0.39 is 0 Å². The first kappa shape index (κ1) is 4.78. The zero-order valence-corrected chi connectivity index (χ0v) is 4.78. The summed E-state index contributed by atoms with van der Waals surface area (Å²) in [6, 6.07) is 0. The maximum atomic E-state index is 4.07. The highest BCUT2D eigenvalue weighted by molar-refractivity contribution is 7.84. The largest absolute Gasteiger partial charge is 0.387 e. The second-order valence-electron chi connectivity index (χ2n) is 1.38. The molecule has 1 aliphatic heterocycles. The Morgan fingerprint density at radius 3 is 2.86 bits per heavy atom. The van der Waals surface area contributed by atoms with E-state index in [1.165, 1.54) is 0 Å². The molecule has 38 valence electrons. The second kappa shape index (κ2) is 2.07. The number of nitrogens with one attached hydrogen (secondary N) is 1. The molecule has 0 fully saturated rings. The van der Waals surface area contributed by atoms with Crippen molar-refractivity contribution in [2.45, 2.75) is 0 Å². The first-order valence-corrected chi connectivity index (χ1v) is 2.63. The summed E-state index contributed by atoms with van der Waals surface area (Å²) in [4.78, 5) is 0.992. The van der Waals surface area contributed by atoms with Crippen molar-refractivity contribution in [3.8, 4) is 0 Å². The molecule has 0 aromatic heterocycles. The highest BCUT2D eigenvalue weighted by Crippen LogP contribution is 2.01. The first-order valence-electron chi connectivity index (χ1n) is 2.18. The van der Waals surface area contributed by atoms with E-state index in [-0.39, 0.29) is 0 Å². The van der Waals surface area contributed by atoms with Crippen LogP contribution in [0.4, 0.5) is 0 Å². The van der Waals surface area contributed by atoms with Gasteiger partial charge in [0.25, 0.3) is 0 Å². The molecule has 0 radical (unpaired) electrons. The number of hydrogen-bond acceptors (Lipinski definition) is 2. The minimum Gasteiger partial charge on any atom is -0.387 e. The minimum absolute atomic E-state index is 0.935. The van der Waals surface area contributed by atoms with Crippen LogP contribution >= 0.6 is 12.6 Å². The van der Waals surface area contributed by atoms with Crippen LogP contribution in [0.5, 0.6) is 0 Å². The molecular weight excluding hydrogens is 106 g/mol. The molecule has 0 aliphatic carbocycles. The Balaban J connectivity index is 2.58. The molecule has 0 aromatic rings. The molecule has 0 bridgehead atoms. The van der Waals surface area contributed by atoms with Crippen LogP contribution in [0.3, 0.4) is 0 Å². The maximum absolute atomic E-state index is 4.07. The lowest BCUT2D eigenvalue weighted by Gasteiger charge is -2.00. The van der Waals surface area contributed by atoms with Crippen molar-refractivity contribution in [3.63, 3.8) is 0 Å². The summed E-state index contributed by atoms with van der Waals surface area (Å²) in [7, 11) is 0. The summed E-state index contributed by atoms with van der Waals surface area (Å²) in [5.74, 6) is 0. The third-order valence-electron chi connectivity index (χ3n) is 0.774. The normalized spacial score (nSPS) is 18.1. The maximum Gasteiger partial charge on any atom is 0.0329 e. The van der Waals surface area contributed by atoms with Crippen molar-refractivity contribution in [2.24, 2.45) is 0 Å². The van der Waals surface area contributed by atoms with Gasteiger partial charge in [0.1, 0.15) is 0 Å². The van der Waals surface area contributed by atoms with Gasteiger partial charge < -0.3 is 5.32 Å². The molecule has 0 atom stereocenters. The molecule has 0 saturated carbocycles. The lowest BCUT2D eigenvalue weighted by atomic mass is 10.4. The van der Waals surface area contributed by atoms with Gasteiger partial charge in [-0.2, -0.15) is 0 Å². The smallest absolute Gasteiger partial charge is 0.0329 e. The van der Waals surface area contributed by atoms with Crippen LogP contribution < -0.4 is 5.32 Å². The van der Waals surface area contributed by atoms with E-state index in [9.17, 15) is 0 Å². The lowest BCUT2D eigenvalue weighted by molar-refractivity contribution is 0.969. The molecular formula is C5H7NS. The van der Waals surface area contributed by atoms with E-state index in [0.29, 0.717) is 0 Å². The van der Waals surface area contributed by atoms with Gasteiger partial charge in [-0.05, 0) is 6.08 Å². The van der Waals surface area contributed by atoms with E-state index in [4.69, 9.17) is 0 Å². The summed E-state index contributed by atoms with van der Waals surface area (Å²) >= 11 is 4.07. The third kappa shape index (κ3) is 1.27. The molecule has 7 heavy (non-hydrogen) atoms. The molecule has 2 heteroatoms. The summed E-state index contributed by atoms with van der Waals surface area (Å²) in [6.45, 7) is 0.935. The highest BCUT2D eigenvalue weighted by atomic mass is 32.1. The standard InChI is InChI=1S/C5H7NS/c7-5-2-1-3-6-4-5/h1-2,4,6-7H,3H2. The number of allylic oxidation sites excluding steroid dienone is 1. The molecule has 0 spiro atoms. The van der Waals surface area contributed by atoms with Gasteiger partial charge in [0.2, 0.25) is 0 Å². The van der Waals surface area contributed by atoms with Crippen molar-refractivity contribution >= 4 is 12.6 Å². The van der Waals surface area contributed by atoms with Crippen LogP contribution in [-0.2, 0) is 0 Å². The van der Waals surface area contributed by atoms with E-state index in [0.717, 1.165) is 11.4 Å². The zero-order valence-electron chi connectivity index (χ0n) is 3.89. The molecule has 1 N–H and O–H groups in total. The Labute approximate surface area is 48.5 Å². The Bertz CT molecular complexity index is 115. The van der Waals surface area contributed by atoms with Crippen LogP contribution in [0.25, 0.3) is 0 Å². The molecule has 1 nitrogen and oxygen atoms in total. The van der Waals surface area contributed by atoms with Crippen molar-refractivity contribution in [3.05, 3.63) is 23.3 Å². The van der Waals surface area contributed by atoms with Gasteiger partial charge in [-0.25, -0.2) is 0 Å². The van der Waals surface area contributed by atoms with Crippen LogP contribution in [0, 0.1) is 0 Å².